The third-order valence-corrected chi connectivity index (χ3v) is 5.50. The molecule has 0 aliphatic carbocycles. The fourth-order valence-corrected chi connectivity index (χ4v) is 4.19. The Kier molecular flexibility index (Phi) is 3.68. The second-order valence-corrected chi connectivity index (χ2v) is 7.19. The maximum absolute atomic E-state index is 12.5. The summed E-state index contributed by atoms with van der Waals surface area (Å²) < 4.78 is 5.85. The highest BCUT2D eigenvalue weighted by Gasteiger charge is 2.39. The van der Waals surface area contributed by atoms with E-state index >= 15 is 0 Å². The van der Waals surface area contributed by atoms with Crippen LogP contribution in [0.25, 0.3) is 22.6 Å². The zero-order chi connectivity index (χ0) is 17.5. The summed E-state index contributed by atoms with van der Waals surface area (Å²) in [5.74, 6) is 0.943. The molecule has 0 saturated carbocycles. The standard InChI is InChI=1S/C21H21N3O2/c25-21(24-18-12-15-6-7-17(18)23-15)20-9-8-19(26-20)14-4-1-3-13(11-14)16-5-2-10-22-16/h1-5,8-11,15,17-18,22-23H,6-7,12H2,(H,24,25)/t15-,17+,18-/m1/s1. The van der Waals surface area contributed by atoms with E-state index in [4.69, 9.17) is 4.42 Å². The van der Waals surface area contributed by atoms with E-state index in [1.807, 2.05) is 42.6 Å². The van der Waals surface area contributed by atoms with Crippen LogP contribution in [0.2, 0.25) is 0 Å². The van der Waals surface area contributed by atoms with E-state index in [9.17, 15) is 4.79 Å². The number of carbonyl (C=O) groups is 1. The predicted molar refractivity (Wildman–Crippen MR) is 99.7 cm³/mol. The molecule has 5 nitrogen and oxygen atoms in total. The molecule has 0 spiro atoms. The van der Waals surface area contributed by atoms with Crippen LogP contribution in [-0.2, 0) is 0 Å². The molecule has 2 bridgehead atoms. The molecular formula is C21H21N3O2. The number of fused-ring (bicyclic) bond motifs is 2. The summed E-state index contributed by atoms with van der Waals surface area (Å²) in [6, 6.07) is 16.9. The largest absolute Gasteiger partial charge is 0.451 e. The summed E-state index contributed by atoms with van der Waals surface area (Å²) >= 11 is 0. The molecule has 0 unspecified atom stereocenters. The van der Waals surface area contributed by atoms with Gasteiger partial charge in [-0.15, -0.1) is 0 Å². The summed E-state index contributed by atoms with van der Waals surface area (Å²) in [6.45, 7) is 0. The van der Waals surface area contributed by atoms with Crippen LogP contribution in [0, 0.1) is 0 Å². The normalized spacial score (nSPS) is 24.1. The molecule has 2 fully saturated rings. The molecule has 2 aliphatic heterocycles. The van der Waals surface area contributed by atoms with Gasteiger partial charge in [-0.05, 0) is 55.2 Å². The van der Waals surface area contributed by atoms with Gasteiger partial charge in [-0.25, -0.2) is 0 Å². The summed E-state index contributed by atoms with van der Waals surface area (Å²) in [7, 11) is 0. The summed E-state index contributed by atoms with van der Waals surface area (Å²) in [5, 5.41) is 6.66. The number of aromatic nitrogens is 1. The number of hydrogen-bond acceptors (Lipinski definition) is 3. The number of hydrogen-bond donors (Lipinski definition) is 3. The van der Waals surface area contributed by atoms with Gasteiger partial charge in [0.05, 0.1) is 0 Å². The van der Waals surface area contributed by atoms with Gasteiger partial charge >= 0.3 is 0 Å². The van der Waals surface area contributed by atoms with Crippen LogP contribution in [0.4, 0.5) is 0 Å². The summed E-state index contributed by atoms with van der Waals surface area (Å²) in [5.41, 5.74) is 3.10. The zero-order valence-electron chi connectivity index (χ0n) is 14.4. The predicted octanol–water partition coefficient (Wildman–Crippen LogP) is 3.56. The van der Waals surface area contributed by atoms with Crippen molar-refractivity contribution in [3.63, 3.8) is 0 Å². The monoisotopic (exact) mass is 347 g/mol. The average molecular weight is 347 g/mol. The maximum Gasteiger partial charge on any atom is 0.287 e. The third-order valence-electron chi connectivity index (χ3n) is 5.50. The number of H-pyrrole nitrogens is 1. The van der Waals surface area contributed by atoms with Crippen LogP contribution < -0.4 is 10.6 Å². The lowest BCUT2D eigenvalue weighted by molar-refractivity contribution is 0.0903. The van der Waals surface area contributed by atoms with Crippen LogP contribution in [0.3, 0.4) is 0 Å². The average Bonchev–Trinajstić information content (AvgIpc) is 3.46. The van der Waals surface area contributed by atoms with Crippen molar-refractivity contribution >= 4 is 5.91 Å². The first-order valence-electron chi connectivity index (χ1n) is 9.17. The molecule has 3 aromatic rings. The van der Waals surface area contributed by atoms with Crippen LogP contribution in [0.5, 0.6) is 0 Å². The van der Waals surface area contributed by atoms with Crippen LogP contribution in [0.1, 0.15) is 29.8 Å². The van der Waals surface area contributed by atoms with E-state index in [-0.39, 0.29) is 11.9 Å². The second-order valence-electron chi connectivity index (χ2n) is 7.19. The highest BCUT2D eigenvalue weighted by atomic mass is 16.3. The first-order chi connectivity index (χ1) is 12.8. The molecule has 3 atom stereocenters. The first-order valence-corrected chi connectivity index (χ1v) is 9.17. The molecule has 26 heavy (non-hydrogen) atoms. The molecule has 132 valence electrons. The minimum Gasteiger partial charge on any atom is -0.451 e. The number of furan rings is 1. The Morgan fingerprint density at radius 2 is 2.00 bits per heavy atom. The fraction of sp³-hybridized carbons (Fsp3) is 0.286. The topological polar surface area (TPSA) is 70.1 Å². The minimum atomic E-state index is -0.129. The van der Waals surface area contributed by atoms with E-state index in [0.29, 0.717) is 23.6 Å². The van der Waals surface area contributed by atoms with E-state index < -0.39 is 0 Å². The Morgan fingerprint density at radius 3 is 2.77 bits per heavy atom. The van der Waals surface area contributed by atoms with Crippen molar-refractivity contribution in [2.24, 2.45) is 0 Å². The van der Waals surface area contributed by atoms with E-state index in [1.54, 1.807) is 6.07 Å². The van der Waals surface area contributed by atoms with Crippen molar-refractivity contribution < 1.29 is 9.21 Å². The Hall–Kier alpha value is -2.79. The van der Waals surface area contributed by atoms with E-state index in [0.717, 1.165) is 29.7 Å². The molecule has 2 saturated heterocycles. The van der Waals surface area contributed by atoms with Crippen LogP contribution in [0.15, 0.2) is 59.1 Å². The number of nitrogens with one attached hydrogen (secondary N) is 3. The minimum absolute atomic E-state index is 0.129. The molecule has 2 aliphatic rings. The molecule has 4 heterocycles. The van der Waals surface area contributed by atoms with Gasteiger partial charge in [-0.2, -0.15) is 0 Å². The van der Waals surface area contributed by atoms with E-state index in [1.165, 1.54) is 6.42 Å². The lowest BCUT2D eigenvalue weighted by atomic mass is 9.95. The van der Waals surface area contributed by atoms with Crippen LogP contribution in [-0.4, -0.2) is 29.0 Å². The van der Waals surface area contributed by atoms with Crippen molar-refractivity contribution in [3.05, 3.63) is 60.5 Å². The lowest BCUT2D eigenvalue weighted by Gasteiger charge is -2.20. The lowest BCUT2D eigenvalue weighted by Crippen LogP contribution is -2.42. The van der Waals surface area contributed by atoms with Gasteiger partial charge in [0, 0.05) is 35.6 Å². The van der Waals surface area contributed by atoms with Gasteiger partial charge in [0.15, 0.2) is 5.76 Å². The molecule has 1 aromatic carbocycles. The van der Waals surface area contributed by atoms with Gasteiger partial charge in [0.25, 0.3) is 5.91 Å². The number of carbonyl (C=O) groups excluding carboxylic acids is 1. The van der Waals surface area contributed by atoms with Gasteiger partial charge < -0.3 is 20.0 Å². The Morgan fingerprint density at radius 1 is 1.08 bits per heavy atom. The van der Waals surface area contributed by atoms with Gasteiger partial charge in [-0.3, -0.25) is 4.79 Å². The van der Waals surface area contributed by atoms with Crippen molar-refractivity contribution in [2.45, 2.75) is 37.4 Å². The molecule has 5 rings (SSSR count). The van der Waals surface area contributed by atoms with Crippen molar-refractivity contribution in [2.75, 3.05) is 0 Å². The molecular weight excluding hydrogens is 326 g/mol. The number of rotatable bonds is 4. The van der Waals surface area contributed by atoms with Crippen molar-refractivity contribution in [1.82, 2.24) is 15.6 Å². The fourth-order valence-electron chi connectivity index (χ4n) is 4.19. The summed E-state index contributed by atoms with van der Waals surface area (Å²) in [6.07, 6.45) is 5.29. The maximum atomic E-state index is 12.5. The SMILES string of the molecule is O=C(N[C@@H]1C[C@H]2CC[C@@H]1N2)c1ccc(-c2cccc(-c3ccc[nH]3)c2)o1. The second kappa shape index (κ2) is 6.18. The third kappa shape index (κ3) is 2.74. The molecule has 5 heteroatoms. The summed E-state index contributed by atoms with van der Waals surface area (Å²) in [4.78, 5) is 15.7. The molecule has 0 radical (unpaired) electrons. The Labute approximate surface area is 151 Å². The van der Waals surface area contributed by atoms with Gasteiger partial charge in [-0.1, -0.05) is 18.2 Å². The number of aromatic amines is 1. The molecule has 2 aromatic heterocycles. The van der Waals surface area contributed by atoms with Crippen molar-refractivity contribution in [1.29, 1.82) is 0 Å². The molecule has 3 N–H and O–H groups in total. The first kappa shape index (κ1) is 15.5. The Bertz CT molecular complexity index is 928. The van der Waals surface area contributed by atoms with E-state index in [2.05, 4.69) is 21.7 Å². The molecule has 1 amide bonds. The number of amides is 1. The van der Waals surface area contributed by atoms with Gasteiger partial charge in [0.2, 0.25) is 0 Å². The Balaban J connectivity index is 1.34. The quantitative estimate of drug-likeness (QED) is 0.676. The van der Waals surface area contributed by atoms with Gasteiger partial charge in [0.1, 0.15) is 5.76 Å². The number of benzene rings is 1. The highest BCUT2D eigenvalue weighted by Crippen LogP contribution is 2.29. The zero-order valence-corrected chi connectivity index (χ0v) is 14.4. The van der Waals surface area contributed by atoms with Crippen LogP contribution >= 0.6 is 0 Å². The smallest absolute Gasteiger partial charge is 0.287 e. The highest BCUT2D eigenvalue weighted by molar-refractivity contribution is 5.92. The van der Waals surface area contributed by atoms with Crippen molar-refractivity contribution in [3.8, 4) is 22.6 Å².